The average molecular weight is 478 g/mol. The van der Waals surface area contributed by atoms with Crippen molar-refractivity contribution in [2.45, 2.75) is 84.2 Å². The number of amides is 2. The van der Waals surface area contributed by atoms with E-state index in [0.717, 1.165) is 42.5 Å². The Hall–Kier alpha value is -3.22. The van der Waals surface area contributed by atoms with Gasteiger partial charge in [-0.05, 0) is 70.1 Å². The lowest BCUT2D eigenvalue weighted by Crippen LogP contribution is -2.64. The zero-order valence-corrected chi connectivity index (χ0v) is 21.0. The molecule has 2 amide bonds. The molecule has 2 aromatic heterocycles. The highest BCUT2D eigenvalue weighted by molar-refractivity contribution is 6.02. The normalized spacial score (nSPS) is 24.6. The summed E-state index contributed by atoms with van der Waals surface area (Å²) < 4.78 is 13.3. The third-order valence-electron chi connectivity index (χ3n) is 7.52. The fourth-order valence-corrected chi connectivity index (χ4v) is 5.39. The van der Waals surface area contributed by atoms with Crippen molar-refractivity contribution >= 4 is 22.9 Å². The van der Waals surface area contributed by atoms with Gasteiger partial charge in [0.15, 0.2) is 5.58 Å². The summed E-state index contributed by atoms with van der Waals surface area (Å²) in [6.45, 7) is 8.84. The summed E-state index contributed by atoms with van der Waals surface area (Å²) in [6, 6.07) is 11.6. The molecule has 0 saturated heterocycles. The minimum atomic E-state index is -1.04. The Labute approximate surface area is 206 Å². The average Bonchev–Trinajstić information content (AvgIpc) is 3.41. The van der Waals surface area contributed by atoms with Crippen molar-refractivity contribution in [1.82, 2.24) is 14.8 Å². The number of benzene rings is 1. The fraction of sp³-hybridized carbons (Fsp3) is 0.500. The van der Waals surface area contributed by atoms with Gasteiger partial charge in [-0.1, -0.05) is 19.1 Å². The number of nitrogens with one attached hydrogen (secondary N) is 1. The monoisotopic (exact) mass is 477 g/mol. The van der Waals surface area contributed by atoms with Crippen LogP contribution in [0.15, 0.2) is 47.1 Å². The second-order valence-corrected chi connectivity index (χ2v) is 10.7. The predicted octanol–water partition coefficient (Wildman–Crippen LogP) is 5.13. The Balaban J connectivity index is 1.46. The van der Waals surface area contributed by atoms with E-state index in [0.29, 0.717) is 30.3 Å². The third kappa shape index (κ3) is 4.44. The van der Waals surface area contributed by atoms with E-state index in [1.165, 1.54) is 0 Å². The highest BCUT2D eigenvalue weighted by Gasteiger charge is 2.48. The number of carbonyl (C=O) groups is 2. The van der Waals surface area contributed by atoms with Crippen molar-refractivity contribution in [2.75, 3.05) is 0 Å². The molecule has 0 spiro atoms. The van der Waals surface area contributed by atoms with Crippen LogP contribution in [0.2, 0.25) is 0 Å². The molecule has 1 atom stereocenters. The van der Waals surface area contributed by atoms with E-state index in [9.17, 15) is 9.59 Å². The zero-order chi connectivity index (χ0) is 24.7. The summed E-state index contributed by atoms with van der Waals surface area (Å²) in [5.74, 6) is 1.22. The van der Waals surface area contributed by atoms with Crippen LogP contribution < -0.4 is 10.1 Å². The summed E-state index contributed by atoms with van der Waals surface area (Å²) in [5, 5.41) is 3.29. The first kappa shape index (κ1) is 23.5. The molecule has 1 aliphatic carbocycles. The molecule has 2 aliphatic rings. The van der Waals surface area contributed by atoms with Crippen LogP contribution in [0.5, 0.6) is 5.75 Å². The topological polar surface area (TPSA) is 76.7 Å². The second-order valence-electron chi connectivity index (χ2n) is 10.7. The highest BCUT2D eigenvalue weighted by atomic mass is 16.5. The molecule has 35 heavy (non-hydrogen) atoms. The second kappa shape index (κ2) is 9.10. The van der Waals surface area contributed by atoms with Gasteiger partial charge >= 0.3 is 0 Å². The largest absolute Gasteiger partial charge is 0.491 e. The first-order valence-electron chi connectivity index (χ1n) is 12.7. The molecule has 0 bridgehead atoms. The Morgan fingerprint density at radius 2 is 1.89 bits per heavy atom. The molecule has 1 unspecified atom stereocenters. The molecule has 0 radical (unpaired) electrons. The van der Waals surface area contributed by atoms with Crippen molar-refractivity contribution in [3.8, 4) is 5.75 Å². The first-order chi connectivity index (χ1) is 16.7. The molecule has 1 saturated carbocycles. The lowest BCUT2D eigenvalue weighted by Gasteiger charge is -2.45. The first-order valence-corrected chi connectivity index (χ1v) is 12.7. The van der Waals surface area contributed by atoms with Gasteiger partial charge < -0.3 is 23.9 Å². The van der Waals surface area contributed by atoms with Crippen molar-refractivity contribution < 1.29 is 18.7 Å². The summed E-state index contributed by atoms with van der Waals surface area (Å²) >= 11 is 0. The maximum absolute atomic E-state index is 13.8. The van der Waals surface area contributed by atoms with E-state index in [1.54, 1.807) is 17.2 Å². The number of hydrogen-bond acceptors (Lipinski definition) is 4. The summed E-state index contributed by atoms with van der Waals surface area (Å²) in [5.41, 5.74) is 1.96. The Morgan fingerprint density at radius 1 is 1.17 bits per heavy atom. The molecular weight excluding hydrogens is 442 g/mol. The number of hydrogen-bond donors (Lipinski definition) is 1. The molecule has 1 N–H and O–H groups in total. The van der Waals surface area contributed by atoms with Gasteiger partial charge in [-0.3, -0.25) is 9.59 Å². The van der Waals surface area contributed by atoms with Gasteiger partial charge in [0.1, 0.15) is 17.0 Å². The zero-order valence-electron chi connectivity index (χ0n) is 21.0. The van der Waals surface area contributed by atoms with Crippen LogP contribution in [0.3, 0.4) is 0 Å². The minimum Gasteiger partial charge on any atom is -0.491 e. The maximum Gasteiger partial charge on any atom is 0.271 e. The van der Waals surface area contributed by atoms with Gasteiger partial charge in [-0.15, -0.1) is 0 Å². The molecule has 5 rings (SSSR count). The lowest BCUT2D eigenvalue weighted by molar-refractivity contribution is -0.134. The lowest BCUT2D eigenvalue weighted by atomic mass is 9.86. The number of carbonyl (C=O) groups excluding carboxylic acids is 2. The molecule has 1 fully saturated rings. The summed E-state index contributed by atoms with van der Waals surface area (Å²) in [4.78, 5) is 29.4. The van der Waals surface area contributed by atoms with E-state index < -0.39 is 5.54 Å². The maximum atomic E-state index is 13.8. The van der Waals surface area contributed by atoms with Crippen LogP contribution in [-0.2, 0) is 17.9 Å². The minimum absolute atomic E-state index is 0.0882. The number of furan rings is 1. The predicted molar refractivity (Wildman–Crippen MR) is 134 cm³/mol. The molecule has 1 aromatic carbocycles. The molecular formula is C28H35N3O4. The molecule has 7 nitrogen and oxygen atoms in total. The number of aromatic nitrogens is 1. The van der Waals surface area contributed by atoms with Crippen LogP contribution in [0.4, 0.5) is 0 Å². The molecule has 186 valence electrons. The van der Waals surface area contributed by atoms with Gasteiger partial charge in [0.25, 0.3) is 5.91 Å². The summed E-state index contributed by atoms with van der Waals surface area (Å²) in [7, 11) is 0. The van der Waals surface area contributed by atoms with Crippen LogP contribution in [0.25, 0.3) is 11.1 Å². The highest BCUT2D eigenvalue weighted by Crippen LogP contribution is 2.35. The number of ether oxygens (including phenoxy) is 1. The molecule has 3 heterocycles. The van der Waals surface area contributed by atoms with Crippen LogP contribution in [0.1, 0.15) is 69.4 Å². The van der Waals surface area contributed by atoms with E-state index >= 15 is 0 Å². The Morgan fingerprint density at radius 3 is 2.57 bits per heavy atom. The number of nitrogens with zero attached hydrogens (tertiary/aromatic N) is 2. The van der Waals surface area contributed by atoms with Gasteiger partial charge in [0.05, 0.1) is 24.4 Å². The standard InChI is InChI=1S/C28H35N3O4/c1-18(2)35-22-11-7-20(8-12-22)16-31-26(32)24-15-25-23(13-14-34-25)30(24)17-28(31,4)27(33)29-21-9-5-19(3)6-10-21/h7-8,11-15,18-19,21H,5-6,9-10,16-17H2,1-4H3,(H,29,33). The molecule has 3 aromatic rings. The van der Waals surface area contributed by atoms with Crippen LogP contribution >= 0.6 is 0 Å². The van der Waals surface area contributed by atoms with E-state index in [4.69, 9.17) is 9.15 Å². The van der Waals surface area contributed by atoms with Gasteiger partial charge in [0, 0.05) is 24.7 Å². The van der Waals surface area contributed by atoms with Gasteiger partial charge in [-0.25, -0.2) is 0 Å². The third-order valence-corrected chi connectivity index (χ3v) is 7.52. The van der Waals surface area contributed by atoms with E-state index in [1.807, 2.05) is 55.7 Å². The van der Waals surface area contributed by atoms with Crippen molar-refractivity contribution in [3.63, 3.8) is 0 Å². The van der Waals surface area contributed by atoms with Crippen LogP contribution in [-0.4, -0.2) is 39.0 Å². The van der Waals surface area contributed by atoms with Gasteiger partial charge in [0.2, 0.25) is 5.91 Å². The number of rotatable bonds is 6. The summed E-state index contributed by atoms with van der Waals surface area (Å²) in [6.07, 6.45) is 5.91. The van der Waals surface area contributed by atoms with Crippen molar-refractivity contribution in [3.05, 3.63) is 53.9 Å². The molecule has 1 aliphatic heterocycles. The van der Waals surface area contributed by atoms with Gasteiger partial charge in [-0.2, -0.15) is 0 Å². The quantitative estimate of drug-likeness (QED) is 0.534. The van der Waals surface area contributed by atoms with Crippen molar-refractivity contribution in [2.24, 2.45) is 5.92 Å². The molecule has 7 heteroatoms. The van der Waals surface area contributed by atoms with E-state index in [2.05, 4.69) is 12.2 Å². The Bertz CT molecular complexity index is 1220. The smallest absolute Gasteiger partial charge is 0.271 e. The number of fused-ring (bicyclic) bond motifs is 3. The SMILES string of the molecule is CC1CCC(NC(=O)C2(C)Cn3c(cc4occc43)C(=O)N2Cc2ccc(OC(C)C)cc2)CC1. The Kier molecular flexibility index (Phi) is 6.11. The van der Waals surface area contributed by atoms with Crippen molar-refractivity contribution in [1.29, 1.82) is 0 Å². The van der Waals surface area contributed by atoms with Crippen LogP contribution in [0, 0.1) is 5.92 Å². The van der Waals surface area contributed by atoms with E-state index in [-0.39, 0.29) is 24.0 Å². The fourth-order valence-electron chi connectivity index (χ4n) is 5.39.